The van der Waals surface area contributed by atoms with Crippen LogP contribution in [0.4, 0.5) is 0 Å². The van der Waals surface area contributed by atoms with Crippen molar-refractivity contribution in [2.75, 3.05) is 7.11 Å². The van der Waals surface area contributed by atoms with Gasteiger partial charge in [0, 0.05) is 11.2 Å². The maximum Gasteiger partial charge on any atom is 0.305 e. The zero-order valence-corrected chi connectivity index (χ0v) is 24.8. The number of carbonyl (C=O) groups is 1. The van der Waals surface area contributed by atoms with Crippen LogP contribution in [0.1, 0.15) is 116 Å². The fourth-order valence-electron chi connectivity index (χ4n) is 3.68. The van der Waals surface area contributed by atoms with Crippen molar-refractivity contribution in [1.82, 2.24) is 0 Å². The highest BCUT2D eigenvalue weighted by Crippen LogP contribution is 2.18. The van der Waals surface area contributed by atoms with Gasteiger partial charge in [0.05, 0.1) is 7.11 Å². The minimum Gasteiger partial charge on any atom is -0.469 e. The van der Waals surface area contributed by atoms with Crippen LogP contribution in [-0.4, -0.2) is 17.9 Å². The van der Waals surface area contributed by atoms with E-state index < -0.39 is 0 Å². The second-order valence-corrected chi connectivity index (χ2v) is 10.5. The van der Waals surface area contributed by atoms with Gasteiger partial charge in [-0.05, 0) is 64.2 Å². The third-order valence-corrected chi connectivity index (χ3v) is 6.78. The van der Waals surface area contributed by atoms with E-state index in [2.05, 4.69) is 101 Å². The van der Waals surface area contributed by atoms with Gasteiger partial charge in [-0.1, -0.05) is 134 Å². The highest BCUT2D eigenvalue weighted by molar-refractivity contribution is 9.09. The minimum atomic E-state index is -0.0811. The van der Waals surface area contributed by atoms with Crippen molar-refractivity contribution in [3.05, 3.63) is 72.9 Å². The average molecular weight is 562 g/mol. The molecule has 36 heavy (non-hydrogen) atoms. The van der Waals surface area contributed by atoms with Gasteiger partial charge in [0.15, 0.2) is 0 Å². The molecule has 0 fully saturated rings. The Bertz CT molecular complexity index is 655. The van der Waals surface area contributed by atoms with E-state index in [0.717, 1.165) is 57.8 Å². The highest BCUT2D eigenvalue weighted by atomic mass is 79.9. The molecule has 0 rings (SSSR count). The lowest BCUT2D eigenvalue weighted by atomic mass is 10.0. The molecule has 204 valence electrons. The van der Waals surface area contributed by atoms with Crippen molar-refractivity contribution in [2.24, 2.45) is 0 Å². The summed E-state index contributed by atoms with van der Waals surface area (Å²) in [6.45, 7) is 2.16. The lowest BCUT2D eigenvalue weighted by Crippen LogP contribution is -1.99. The molecule has 0 amide bonds. The number of methoxy groups -OCH3 is 1. The number of esters is 1. The Balaban J connectivity index is 3.49. The van der Waals surface area contributed by atoms with E-state index >= 15 is 0 Å². The number of alkyl halides is 1. The van der Waals surface area contributed by atoms with E-state index in [0.29, 0.717) is 11.2 Å². The van der Waals surface area contributed by atoms with Gasteiger partial charge >= 0.3 is 5.97 Å². The molecule has 0 bridgehead atoms. The van der Waals surface area contributed by atoms with Crippen molar-refractivity contribution in [1.29, 1.82) is 0 Å². The average Bonchev–Trinajstić information content (AvgIpc) is 2.88. The second kappa shape index (κ2) is 29.6. The molecule has 1 atom stereocenters. The topological polar surface area (TPSA) is 26.3 Å². The number of allylic oxidation sites excluding steroid dienone is 12. The Morgan fingerprint density at radius 2 is 1.03 bits per heavy atom. The fraction of sp³-hybridized carbons (Fsp3) is 0.606. The summed E-state index contributed by atoms with van der Waals surface area (Å²) in [5, 5.41) is 0. The van der Waals surface area contributed by atoms with E-state index in [-0.39, 0.29) is 5.97 Å². The maximum absolute atomic E-state index is 11.1. The number of carbonyl (C=O) groups excluding carboxylic acids is 1. The standard InChI is InChI=1S/C33H53BrO2/c1-3-4-5-6-7-8-9-10-11-12-13-14-15-16-17-18-20-23-26-29-32(34)30-27-24-21-19-22-25-28-31-33(35)36-2/h4-5,7-8,10-11,13-14,16-17,20,23,32H,3,6,9,12,15,18-19,21-22,24-31H2,1-2H3/b5-4-,8-7-,11-10-,14-13-,17-16-,23-20-. The molecular formula is C33H53BrO2. The van der Waals surface area contributed by atoms with Crippen molar-refractivity contribution in [2.45, 2.75) is 121 Å². The zero-order valence-electron chi connectivity index (χ0n) is 23.2. The molecule has 0 aromatic heterocycles. The first-order valence-corrected chi connectivity index (χ1v) is 15.2. The van der Waals surface area contributed by atoms with Crippen LogP contribution in [0, 0.1) is 0 Å². The molecule has 1 unspecified atom stereocenters. The summed E-state index contributed by atoms with van der Waals surface area (Å²) in [6.07, 6.45) is 46.0. The Hall–Kier alpha value is -1.61. The number of unbranched alkanes of at least 4 members (excludes halogenated alkanes) is 6. The summed E-state index contributed by atoms with van der Waals surface area (Å²) in [7, 11) is 1.46. The fourth-order valence-corrected chi connectivity index (χ4v) is 4.27. The van der Waals surface area contributed by atoms with E-state index in [1.54, 1.807) is 0 Å². The summed E-state index contributed by atoms with van der Waals surface area (Å²) < 4.78 is 4.67. The molecule has 0 saturated carbocycles. The molecule has 0 aromatic rings. The van der Waals surface area contributed by atoms with Crippen molar-refractivity contribution in [3.63, 3.8) is 0 Å². The largest absolute Gasteiger partial charge is 0.469 e. The predicted molar refractivity (Wildman–Crippen MR) is 164 cm³/mol. The Morgan fingerprint density at radius 3 is 1.50 bits per heavy atom. The number of rotatable bonds is 24. The summed E-state index contributed by atoms with van der Waals surface area (Å²) in [5.41, 5.74) is 0. The minimum absolute atomic E-state index is 0.0811. The summed E-state index contributed by atoms with van der Waals surface area (Å²) >= 11 is 3.84. The first-order valence-electron chi connectivity index (χ1n) is 14.3. The summed E-state index contributed by atoms with van der Waals surface area (Å²) in [4.78, 5) is 11.7. The van der Waals surface area contributed by atoms with Gasteiger partial charge in [0.25, 0.3) is 0 Å². The molecule has 0 radical (unpaired) electrons. The van der Waals surface area contributed by atoms with E-state index in [1.165, 1.54) is 52.1 Å². The van der Waals surface area contributed by atoms with Crippen LogP contribution in [0.15, 0.2) is 72.9 Å². The van der Waals surface area contributed by atoms with Gasteiger partial charge in [0.2, 0.25) is 0 Å². The summed E-state index contributed by atoms with van der Waals surface area (Å²) in [5.74, 6) is -0.0811. The maximum atomic E-state index is 11.1. The quantitative estimate of drug-likeness (QED) is 0.0507. The van der Waals surface area contributed by atoms with Gasteiger partial charge in [-0.25, -0.2) is 0 Å². The van der Waals surface area contributed by atoms with Gasteiger partial charge in [0.1, 0.15) is 0 Å². The van der Waals surface area contributed by atoms with E-state index in [9.17, 15) is 4.79 Å². The number of ether oxygens (including phenoxy) is 1. The molecule has 0 aliphatic heterocycles. The van der Waals surface area contributed by atoms with Gasteiger partial charge < -0.3 is 4.74 Å². The SMILES string of the molecule is CC/C=C\C/C=C\C/C=C\C/C=C\C/C=C\C/C=C\CCC(Br)CCCCCCCCCC(=O)OC. The predicted octanol–water partition coefficient (Wildman–Crippen LogP) is 10.9. The molecule has 0 spiro atoms. The summed E-state index contributed by atoms with van der Waals surface area (Å²) in [6, 6.07) is 0. The molecule has 0 N–H and O–H groups in total. The first-order chi connectivity index (χ1) is 17.7. The lowest BCUT2D eigenvalue weighted by Gasteiger charge is -2.08. The monoisotopic (exact) mass is 560 g/mol. The van der Waals surface area contributed by atoms with Crippen LogP contribution in [0.2, 0.25) is 0 Å². The van der Waals surface area contributed by atoms with Crippen LogP contribution in [0.5, 0.6) is 0 Å². The van der Waals surface area contributed by atoms with Crippen LogP contribution in [0.25, 0.3) is 0 Å². The Morgan fingerprint density at radius 1 is 0.611 bits per heavy atom. The third-order valence-electron chi connectivity index (χ3n) is 5.87. The molecule has 0 heterocycles. The van der Waals surface area contributed by atoms with Crippen molar-refractivity contribution < 1.29 is 9.53 Å². The van der Waals surface area contributed by atoms with E-state index in [4.69, 9.17) is 0 Å². The number of hydrogen-bond donors (Lipinski definition) is 0. The Labute approximate surface area is 231 Å². The van der Waals surface area contributed by atoms with Gasteiger partial charge in [-0.3, -0.25) is 4.79 Å². The third kappa shape index (κ3) is 28.6. The van der Waals surface area contributed by atoms with Crippen LogP contribution < -0.4 is 0 Å². The van der Waals surface area contributed by atoms with Crippen LogP contribution >= 0.6 is 15.9 Å². The smallest absolute Gasteiger partial charge is 0.305 e. The molecule has 0 saturated heterocycles. The number of halogens is 1. The van der Waals surface area contributed by atoms with E-state index in [1.807, 2.05) is 0 Å². The van der Waals surface area contributed by atoms with Crippen LogP contribution in [0.3, 0.4) is 0 Å². The molecule has 0 aliphatic carbocycles. The lowest BCUT2D eigenvalue weighted by molar-refractivity contribution is -0.140. The van der Waals surface area contributed by atoms with Crippen molar-refractivity contribution in [3.8, 4) is 0 Å². The molecule has 2 nitrogen and oxygen atoms in total. The van der Waals surface area contributed by atoms with Crippen LogP contribution in [-0.2, 0) is 9.53 Å². The Kier molecular flexibility index (Phi) is 28.3. The van der Waals surface area contributed by atoms with Gasteiger partial charge in [-0.15, -0.1) is 0 Å². The first kappa shape index (κ1) is 34.4. The second-order valence-electron chi connectivity index (χ2n) is 9.18. The zero-order chi connectivity index (χ0) is 26.4. The molecule has 0 aliphatic rings. The molecular weight excluding hydrogens is 508 g/mol. The molecule has 0 aromatic carbocycles. The molecule has 3 heteroatoms. The van der Waals surface area contributed by atoms with Gasteiger partial charge in [-0.2, -0.15) is 0 Å². The highest BCUT2D eigenvalue weighted by Gasteiger charge is 2.03. The van der Waals surface area contributed by atoms with Crippen molar-refractivity contribution >= 4 is 21.9 Å². The normalized spacial score (nSPS) is 13.5. The number of hydrogen-bond acceptors (Lipinski definition) is 2.